The average molecular weight is 458 g/mol. The second-order valence-corrected chi connectivity index (χ2v) is 8.32. The van der Waals surface area contributed by atoms with E-state index in [4.69, 9.17) is 0 Å². The third-order valence-corrected chi connectivity index (χ3v) is 5.91. The lowest BCUT2D eigenvalue weighted by Gasteiger charge is -2.13. The highest BCUT2D eigenvalue weighted by atomic mass is 16.6. The molecule has 0 bridgehead atoms. The monoisotopic (exact) mass is 457 g/mol. The zero-order valence-electron chi connectivity index (χ0n) is 19.2. The van der Waals surface area contributed by atoms with Crippen LogP contribution in [0, 0.1) is 17.0 Å². The zero-order chi connectivity index (χ0) is 24.2. The summed E-state index contributed by atoms with van der Waals surface area (Å²) in [6.45, 7) is 1.71. The summed E-state index contributed by atoms with van der Waals surface area (Å²) in [5, 5.41) is 14.7. The quantitative estimate of drug-likeness (QED) is 0.207. The van der Waals surface area contributed by atoms with E-state index in [1.807, 2.05) is 60.7 Å². The first-order valence-electron chi connectivity index (χ1n) is 11.3. The maximum atomic E-state index is 11.6. The van der Waals surface area contributed by atoms with Gasteiger partial charge >= 0.3 is 5.69 Å². The standard InChI is InChI=1S/C30H23N3O2/c1-21-15-16-31-30(29(21)33(34)35)32-28-14-8-13-24(20-28)27-18-25(22-9-4-2-5-10-22)17-26(19-27)23-11-6-3-7-12-23/h2-20H,1H3,(H,31,32). The van der Waals surface area contributed by atoms with E-state index in [1.54, 1.807) is 19.2 Å². The van der Waals surface area contributed by atoms with Crippen molar-refractivity contribution in [2.75, 3.05) is 5.32 Å². The minimum atomic E-state index is -0.399. The van der Waals surface area contributed by atoms with E-state index in [0.29, 0.717) is 5.56 Å². The fourth-order valence-corrected chi connectivity index (χ4v) is 4.17. The summed E-state index contributed by atoms with van der Waals surface area (Å²) in [5.41, 5.74) is 7.85. The molecule has 5 rings (SSSR count). The second-order valence-electron chi connectivity index (χ2n) is 8.32. The highest BCUT2D eigenvalue weighted by molar-refractivity contribution is 5.82. The van der Waals surface area contributed by atoms with Crippen molar-refractivity contribution in [2.24, 2.45) is 0 Å². The molecule has 0 aliphatic heterocycles. The molecule has 1 aromatic heterocycles. The van der Waals surface area contributed by atoms with Crippen LogP contribution in [0.1, 0.15) is 5.56 Å². The summed E-state index contributed by atoms with van der Waals surface area (Å²) >= 11 is 0. The van der Waals surface area contributed by atoms with Crippen LogP contribution in [0.25, 0.3) is 33.4 Å². The molecule has 0 unspecified atom stereocenters. The molecule has 0 fully saturated rings. The predicted molar refractivity (Wildman–Crippen MR) is 142 cm³/mol. The van der Waals surface area contributed by atoms with Gasteiger partial charge in [0.25, 0.3) is 0 Å². The number of aromatic nitrogens is 1. The highest BCUT2D eigenvalue weighted by Gasteiger charge is 2.18. The van der Waals surface area contributed by atoms with E-state index in [1.165, 1.54) is 0 Å². The van der Waals surface area contributed by atoms with Crippen molar-refractivity contribution in [3.05, 3.63) is 131 Å². The Morgan fingerprint density at radius 1 is 0.657 bits per heavy atom. The number of aryl methyl sites for hydroxylation is 1. The maximum Gasteiger partial charge on any atom is 0.314 e. The van der Waals surface area contributed by atoms with E-state index >= 15 is 0 Å². The first-order valence-corrected chi connectivity index (χ1v) is 11.3. The van der Waals surface area contributed by atoms with Crippen LogP contribution in [-0.2, 0) is 0 Å². The molecule has 4 aromatic carbocycles. The van der Waals surface area contributed by atoms with E-state index < -0.39 is 4.92 Å². The molecule has 1 heterocycles. The van der Waals surface area contributed by atoms with Gasteiger partial charge in [-0.25, -0.2) is 4.98 Å². The number of benzene rings is 4. The first kappa shape index (κ1) is 22.0. The van der Waals surface area contributed by atoms with Crippen LogP contribution in [0.3, 0.4) is 0 Å². The highest BCUT2D eigenvalue weighted by Crippen LogP contribution is 2.35. The molecule has 5 heteroatoms. The minimum absolute atomic E-state index is 0.0182. The lowest BCUT2D eigenvalue weighted by molar-refractivity contribution is -0.384. The van der Waals surface area contributed by atoms with Crippen LogP contribution in [0.5, 0.6) is 0 Å². The molecular formula is C30H23N3O2. The molecule has 0 aliphatic carbocycles. The fourth-order valence-electron chi connectivity index (χ4n) is 4.17. The van der Waals surface area contributed by atoms with Gasteiger partial charge in [-0.15, -0.1) is 0 Å². The Morgan fingerprint density at radius 3 is 1.77 bits per heavy atom. The van der Waals surface area contributed by atoms with Crippen molar-refractivity contribution in [2.45, 2.75) is 6.92 Å². The molecule has 1 N–H and O–H groups in total. The number of hydrogen-bond acceptors (Lipinski definition) is 4. The number of hydrogen-bond donors (Lipinski definition) is 1. The summed E-state index contributed by atoms with van der Waals surface area (Å²) in [5.74, 6) is 0.232. The van der Waals surface area contributed by atoms with Crippen molar-refractivity contribution in [3.63, 3.8) is 0 Å². The van der Waals surface area contributed by atoms with Crippen LogP contribution in [-0.4, -0.2) is 9.91 Å². The van der Waals surface area contributed by atoms with Crippen LogP contribution in [0.2, 0.25) is 0 Å². The van der Waals surface area contributed by atoms with Gasteiger partial charge in [-0.3, -0.25) is 10.1 Å². The van der Waals surface area contributed by atoms with Crippen LogP contribution in [0.4, 0.5) is 17.2 Å². The normalized spacial score (nSPS) is 10.7. The van der Waals surface area contributed by atoms with Crippen molar-refractivity contribution >= 4 is 17.2 Å². The number of rotatable bonds is 6. The minimum Gasteiger partial charge on any atom is -0.334 e. The van der Waals surface area contributed by atoms with E-state index in [9.17, 15) is 10.1 Å². The summed E-state index contributed by atoms with van der Waals surface area (Å²) in [7, 11) is 0. The second kappa shape index (κ2) is 9.61. The molecule has 0 aliphatic rings. The Labute approximate surface area is 203 Å². The van der Waals surface area contributed by atoms with Crippen molar-refractivity contribution in [3.8, 4) is 33.4 Å². The van der Waals surface area contributed by atoms with Crippen LogP contribution in [0.15, 0.2) is 115 Å². The summed E-state index contributed by atoms with van der Waals surface area (Å²) < 4.78 is 0. The molecule has 0 amide bonds. The Balaban J connectivity index is 1.58. The van der Waals surface area contributed by atoms with Gasteiger partial charge < -0.3 is 5.32 Å². The number of anilines is 2. The van der Waals surface area contributed by atoms with Gasteiger partial charge in [0, 0.05) is 17.4 Å². The lowest BCUT2D eigenvalue weighted by atomic mass is 9.93. The molecule has 5 aromatic rings. The van der Waals surface area contributed by atoms with Gasteiger partial charge in [-0.1, -0.05) is 72.8 Å². The Hall–Kier alpha value is -4.77. The van der Waals surface area contributed by atoms with Gasteiger partial charge in [0.05, 0.1) is 4.92 Å². The smallest absolute Gasteiger partial charge is 0.314 e. The van der Waals surface area contributed by atoms with Crippen LogP contribution < -0.4 is 5.32 Å². The lowest BCUT2D eigenvalue weighted by Crippen LogP contribution is -2.01. The summed E-state index contributed by atoms with van der Waals surface area (Å²) in [6, 6.07) is 36.7. The van der Waals surface area contributed by atoms with Gasteiger partial charge in [0.15, 0.2) is 0 Å². The molecular weight excluding hydrogens is 434 g/mol. The van der Waals surface area contributed by atoms with Crippen molar-refractivity contribution in [1.29, 1.82) is 0 Å². The van der Waals surface area contributed by atoms with E-state index in [0.717, 1.165) is 39.1 Å². The molecule has 0 radical (unpaired) electrons. The molecule has 0 saturated heterocycles. The molecule has 0 atom stereocenters. The third kappa shape index (κ3) is 4.80. The average Bonchev–Trinajstić information content (AvgIpc) is 2.89. The summed E-state index contributed by atoms with van der Waals surface area (Å²) in [6.07, 6.45) is 1.57. The molecule has 0 spiro atoms. The fraction of sp³-hybridized carbons (Fsp3) is 0.0333. The zero-order valence-corrected chi connectivity index (χ0v) is 19.2. The third-order valence-electron chi connectivity index (χ3n) is 5.91. The molecule has 35 heavy (non-hydrogen) atoms. The van der Waals surface area contributed by atoms with Gasteiger partial charge in [0.2, 0.25) is 5.82 Å². The number of nitro groups is 1. The van der Waals surface area contributed by atoms with E-state index in [-0.39, 0.29) is 11.5 Å². The van der Waals surface area contributed by atoms with Gasteiger partial charge in [-0.05, 0) is 76.7 Å². The number of nitrogens with one attached hydrogen (secondary N) is 1. The van der Waals surface area contributed by atoms with Gasteiger partial charge in [-0.2, -0.15) is 0 Å². The Kier molecular flexibility index (Phi) is 6.05. The predicted octanol–water partition coefficient (Wildman–Crippen LogP) is 8.04. The first-order chi connectivity index (χ1) is 17.1. The molecule has 0 saturated carbocycles. The van der Waals surface area contributed by atoms with E-state index in [2.05, 4.69) is 52.8 Å². The molecule has 5 nitrogen and oxygen atoms in total. The van der Waals surface area contributed by atoms with Crippen LogP contribution >= 0.6 is 0 Å². The summed E-state index contributed by atoms with van der Waals surface area (Å²) in [4.78, 5) is 15.4. The van der Waals surface area contributed by atoms with Gasteiger partial charge in [0.1, 0.15) is 0 Å². The number of nitrogens with zero attached hydrogens (tertiary/aromatic N) is 2. The van der Waals surface area contributed by atoms with Crippen molar-refractivity contribution < 1.29 is 4.92 Å². The Morgan fingerprint density at radius 2 is 1.20 bits per heavy atom. The largest absolute Gasteiger partial charge is 0.334 e. The van der Waals surface area contributed by atoms with Crippen molar-refractivity contribution in [1.82, 2.24) is 4.98 Å². The SMILES string of the molecule is Cc1ccnc(Nc2cccc(-c3cc(-c4ccccc4)cc(-c4ccccc4)c3)c2)c1[N+](=O)[O-]. The Bertz CT molecular complexity index is 1440. The maximum absolute atomic E-state index is 11.6. The molecule has 170 valence electrons. The topological polar surface area (TPSA) is 68.1 Å². The number of pyridine rings is 1.